The highest BCUT2D eigenvalue weighted by molar-refractivity contribution is 7.71. The summed E-state index contributed by atoms with van der Waals surface area (Å²) >= 11 is 17.7. The fourth-order valence-electron chi connectivity index (χ4n) is 2.73. The number of nitrogens with zero attached hydrogens (tertiary/aromatic N) is 2. The van der Waals surface area contributed by atoms with Gasteiger partial charge >= 0.3 is 0 Å². The predicted octanol–water partition coefficient (Wildman–Crippen LogP) is 5.28. The van der Waals surface area contributed by atoms with E-state index in [9.17, 15) is 4.39 Å². The predicted molar refractivity (Wildman–Crippen MR) is 114 cm³/mol. The lowest BCUT2D eigenvalue weighted by Crippen LogP contribution is -2.17. The maximum absolute atomic E-state index is 14.0. The van der Waals surface area contributed by atoms with E-state index in [2.05, 4.69) is 15.6 Å². The van der Waals surface area contributed by atoms with Gasteiger partial charge in [-0.25, -0.2) is 9.07 Å². The smallest absolute Gasteiger partial charge is 0.214 e. The first-order chi connectivity index (χ1) is 13.9. The summed E-state index contributed by atoms with van der Waals surface area (Å²) in [4.78, 5) is 0. The molecule has 1 heterocycles. The van der Waals surface area contributed by atoms with E-state index in [4.69, 9.17) is 44.9 Å². The van der Waals surface area contributed by atoms with Crippen LogP contribution in [0.2, 0.25) is 10.0 Å². The number of rotatable bonds is 8. The van der Waals surface area contributed by atoms with E-state index in [-0.39, 0.29) is 17.2 Å². The summed E-state index contributed by atoms with van der Waals surface area (Å²) in [7, 11) is 1.51. The second-order valence-corrected chi connectivity index (χ2v) is 7.27. The highest BCUT2D eigenvalue weighted by atomic mass is 35.5. The summed E-state index contributed by atoms with van der Waals surface area (Å²) in [5, 5.41) is 7.52. The van der Waals surface area contributed by atoms with E-state index in [1.807, 2.05) is 6.92 Å². The van der Waals surface area contributed by atoms with Crippen LogP contribution in [0.5, 0.6) is 11.5 Å². The van der Waals surface area contributed by atoms with Crippen LogP contribution in [0.15, 0.2) is 30.3 Å². The van der Waals surface area contributed by atoms with Crippen molar-refractivity contribution < 1.29 is 13.9 Å². The SMILES string of the molecule is CCc1n[nH]c(=S)n1NCc1cc(Cl)c(OCc2c(F)cccc2Cl)c(OC)c1. The van der Waals surface area contributed by atoms with Crippen molar-refractivity contribution in [2.24, 2.45) is 0 Å². The van der Waals surface area contributed by atoms with Crippen LogP contribution in [-0.4, -0.2) is 22.0 Å². The first-order valence-electron chi connectivity index (χ1n) is 8.76. The number of nitrogens with one attached hydrogen (secondary N) is 2. The molecule has 0 bridgehead atoms. The van der Waals surface area contributed by atoms with Gasteiger partial charge in [0.15, 0.2) is 17.3 Å². The van der Waals surface area contributed by atoms with Gasteiger partial charge in [0.1, 0.15) is 12.4 Å². The summed E-state index contributed by atoms with van der Waals surface area (Å²) in [6.45, 7) is 2.33. The average molecular weight is 457 g/mol. The zero-order chi connectivity index (χ0) is 21.0. The molecule has 0 aliphatic carbocycles. The second-order valence-electron chi connectivity index (χ2n) is 6.07. The number of benzene rings is 2. The van der Waals surface area contributed by atoms with Crippen LogP contribution in [0.25, 0.3) is 0 Å². The van der Waals surface area contributed by atoms with Gasteiger partial charge in [0, 0.05) is 12.0 Å². The van der Waals surface area contributed by atoms with E-state index in [0.717, 1.165) is 17.8 Å². The van der Waals surface area contributed by atoms with Crippen LogP contribution < -0.4 is 14.9 Å². The number of aromatic amines is 1. The molecular formula is C19H19Cl2FN4O2S. The second kappa shape index (κ2) is 9.47. The standard InChI is InChI=1S/C19H19Cl2FN4O2S/c1-3-17-24-25-19(29)26(17)23-9-11-7-14(21)18(16(8-11)27-2)28-10-12-13(20)5-4-6-15(12)22/h4-8,23H,3,9-10H2,1-2H3,(H,25,29). The Morgan fingerprint density at radius 1 is 1.28 bits per heavy atom. The Morgan fingerprint density at radius 3 is 2.76 bits per heavy atom. The molecule has 0 radical (unpaired) electrons. The van der Waals surface area contributed by atoms with Gasteiger partial charge in [-0.15, -0.1) is 0 Å². The number of hydrogen-bond acceptors (Lipinski definition) is 5. The van der Waals surface area contributed by atoms with E-state index in [0.29, 0.717) is 27.8 Å². The Labute approximate surface area is 182 Å². The van der Waals surface area contributed by atoms with Gasteiger partial charge in [-0.2, -0.15) is 5.10 Å². The van der Waals surface area contributed by atoms with Gasteiger partial charge in [0.2, 0.25) is 4.77 Å². The molecule has 0 aliphatic rings. The van der Waals surface area contributed by atoms with E-state index in [1.165, 1.54) is 19.2 Å². The maximum atomic E-state index is 14.0. The van der Waals surface area contributed by atoms with E-state index in [1.54, 1.807) is 22.9 Å². The van der Waals surface area contributed by atoms with Gasteiger partial charge in [-0.1, -0.05) is 36.2 Å². The van der Waals surface area contributed by atoms with Crippen molar-refractivity contribution >= 4 is 35.4 Å². The molecule has 0 spiro atoms. The third-order valence-electron chi connectivity index (χ3n) is 4.21. The Morgan fingerprint density at radius 2 is 2.07 bits per heavy atom. The first-order valence-corrected chi connectivity index (χ1v) is 9.93. The van der Waals surface area contributed by atoms with Crippen molar-refractivity contribution in [1.29, 1.82) is 0 Å². The van der Waals surface area contributed by atoms with Gasteiger partial charge in [-0.05, 0) is 42.0 Å². The minimum absolute atomic E-state index is 0.0801. The van der Waals surface area contributed by atoms with E-state index >= 15 is 0 Å². The third-order valence-corrected chi connectivity index (χ3v) is 5.12. The van der Waals surface area contributed by atoms with Gasteiger partial charge in [0.25, 0.3) is 0 Å². The molecule has 3 aromatic rings. The van der Waals surface area contributed by atoms with E-state index < -0.39 is 5.82 Å². The number of methoxy groups -OCH3 is 1. The number of H-pyrrole nitrogens is 1. The lowest BCUT2D eigenvalue weighted by Gasteiger charge is -2.16. The fourth-order valence-corrected chi connectivity index (χ4v) is 3.45. The molecule has 2 aromatic carbocycles. The average Bonchev–Trinajstić information content (AvgIpc) is 3.06. The summed E-state index contributed by atoms with van der Waals surface area (Å²) in [5.41, 5.74) is 4.29. The van der Waals surface area contributed by atoms with Crippen LogP contribution in [-0.2, 0) is 19.6 Å². The van der Waals surface area contributed by atoms with Crippen molar-refractivity contribution in [3.8, 4) is 11.5 Å². The van der Waals surface area contributed by atoms with Gasteiger partial charge < -0.3 is 14.9 Å². The van der Waals surface area contributed by atoms with Gasteiger partial charge in [-0.3, -0.25) is 5.10 Å². The number of aryl methyl sites for hydroxylation is 1. The maximum Gasteiger partial charge on any atom is 0.214 e. The lowest BCUT2D eigenvalue weighted by molar-refractivity contribution is 0.280. The van der Waals surface area contributed by atoms with Crippen molar-refractivity contribution in [2.75, 3.05) is 12.5 Å². The van der Waals surface area contributed by atoms with Crippen molar-refractivity contribution in [3.05, 3.63) is 67.9 Å². The molecule has 0 aliphatic heterocycles. The minimum Gasteiger partial charge on any atom is -0.493 e. The molecule has 154 valence electrons. The number of ether oxygens (including phenoxy) is 2. The molecule has 0 atom stereocenters. The Bertz CT molecular complexity index is 1050. The molecule has 29 heavy (non-hydrogen) atoms. The molecule has 6 nitrogen and oxygen atoms in total. The van der Waals surface area contributed by atoms with Crippen molar-refractivity contribution in [1.82, 2.24) is 14.9 Å². The third kappa shape index (κ3) is 4.83. The molecular weight excluding hydrogens is 438 g/mol. The van der Waals surface area contributed by atoms with Crippen LogP contribution in [0, 0.1) is 10.6 Å². The topological polar surface area (TPSA) is 64.1 Å². The monoisotopic (exact) mass is 456 g/mol. The number of hydrogen-bond donors (Lipinski definition) is 2. The van der Waals surface area contributed by atoms with Crippen LogP contribution in [0.3, 0.4) is 0 Å². The quantitative estimate of drug-likeness (QED) is 0.451. The highest BCUT2D eigenvalue weighted by Gasteiger charge is 2.15. The molecule has 0 saturated heterocycles. The minimum atomic E-state index is -0.447. The van der Waals surface area contributed by atoms with Crippen molar-refractivity contribution in [3.63, 3.8) is 0 Å². The molecule has 2 N–H and O–H groups in total. The fraction of sp³-hybridized carbons (Fsp3) is 0.263. The Balaban J connectivity index is 1.78. The molecule has 1 aromatic heterocycles. The Hall–Kier alpha value is -2.29. The molecule has 10 heteroatoms. The summed E-state index contributed by atoms with van der Waals surface area (Å²) < 4.78 is 27.3. The van der Waals surface area contributed by atoms with Crippen LogP contribution in [0.4, 0.5) is 4.39 Å². The molecule has 0 amide bonds. The largest absolute Gasteiger partial charge is 0.493 e. The first kappa shape index (κ1) is 21.4. The van der Waals surface area contributed by atoms with Crippen LogP contribution in [0.1, 0.15) is 23.9 Å². The zero-order valence-corrected chi connectivity index (χ0v) is 18.1. The zero-order valence-electron chi connectivity index (χ0n) is 15.8. The van der Waals surface area contributed by atoms with Crippen LogP contribution >= 0.6 is 35.4 Å². The summed E-state index contributed by atoms with van der Waals surface area (Å²) in [6.07, 6.45) is 0.718. The molecule has 0 unspecified atom stereocenters. The highest BCUT2D eigenvalue weighted by Crippen LogP contribution is 2.37. The summed E-state index contributed by atoms with van der Waals surface area (Å²) in [6, 6.07) is 7.98. The Kier molecular flexibility index (Phi) is 7.00. The molecule has 3 rings (SSSR count). The molecule has 0 saturated carbocycles. The molecule has 0 fully saturated rings. The van der Waals surface area contributed by atoms with Gasteiger partial charge in [0.05, 0.1) is 23.7 Å². The number of aromatic nitrogens is 3. The lowest BCUT2D eigenvalue weighted by atomic mass is 10.2. The van der Waals surface area contributed by atoms with Crippen molar-refractivity contribution in [2.45, 2.75) is 26.5 Å². The number of halogens is 3. The summed E-state index contributed by atoms with van der Waals surface area (Å²) in [5.74, 6) is 1.08. The normalized spacial score (nSPS) is 10.8.